The lowest BCUT2D eigenvalue weighted by molar-refractivity contribution is -0.126. The van der Waals surface area contributed by atoms with Gasteiger partial charge < -0.3 is 9.88 Å². The lowest BCUT2D eigenvalue weighted by atomic mass is 9.97. The largest absolute Gasteiger partial charge is 0.353 e. The predicted octanol–water partition coefficient (Wildman–Crippen LogP) is 1.66. The Morgan fingerprint density at radius 1 is 1.16 bits per heavy atom. The Balaban J connectivity index is 1.63. The van der Waals surface area contributed by atoms with Crippen LogP contribution in [0.4, 0.5) is 0 Å². The molecule has 1 atom stereocenters. The van der Waals surface area contributed by atoms with E-state index >= 15 is 0 Å². The zero-order valence-electron chi connectivity index (χ0n) is 14.9. The lowest BCUT2D eigenvalue weighted by Crippen LogP contribution is -2.47. The Morgan fingerprint density at radius 3 is 2.52 bits per heavy atom. The molecular weight excluding hydrogens is 340 g/mol. The number of aromatic nitrogens is 2. The summed E-state index contributed by atoms with van der Waals surface area (Å²) in [6.07, 6.45) is 11.3. The van der Waals surface area contributed by atoms with Gasteiger partial charge in [0, 0.05) is 32.4 Å². The maximum atomic E-state index is 12.7. The number of imidazole rings is 1. The minimum atomic E-state index is -3.63. The van der Waals surface area contributed by atoms with E-state index in [1.807, 2.05) is 0 Å². The van der Waals surface area contributed by atoms with Crippen LogP contribution in [0.15, 0.2) is 17.6 Å². The Bertz CT molecular complexity index is 693. The van der Waals surface area contributed by atoms with E-state index in [0.29, 0.717) is 13.0 Å². The molecule has 0 bridgehead atoms. The van der Waals surface area contributed by atoms with E-state index in [1.165, 1.54) is 29.7 Å². The molecule has 140 valence electrons. The zero-order valence-corrected chi connectivity index (χ0v) is 15.7. The fourth-order valence-corrected chi connectivity index (χ4v) is 5.26. The number of hydrogen-bond donors (Lipinski definition) is 1. The van der Waals surface area contributed by atoms with Crippen LogP contribution in [0.2, 0.25) is 0 Å². The lowest BCUT2D eigenvalue weighted by Gasteiger charge is -2.31. The number of aryl methyl sites for hydroxylation is 1. The summed E-state index contributed by atoms with van der Waals surface area (Å²) >= 11 is 0. The molecule has 1 aliphatic heterocycles. The van der Waals surface area contributed by atoms with Gasteiger partial charge in [0.2, 0.25) is 5.91 Å². The molecule has 1 aliphatic carbocycles. The second-order valence-electron chi connectivity index (χ2n) is 7.28. The number of rotatable bonds is 4. The first kappa shape index (κ1) is 18.4. The summed E-state index contributed by atoms with van der Waals surface area (Å²) in [6.45, 7) is 0.698. The third-order valence-corrected chi connectivity index (χ3v) is 6.99. The molecule has 2 heterocycles. The summed E-state index contributed by atoms with van der Waals surface area (Å²) in [6, 6.07) is 0.248. The van der Waals surface area contributed by atoms with Gasteiger partial charge in [-0.05, 0) is 25.7 Å². The molecule has 1 aromatic heterocycles. The minimum absolute atomic E-state index is 0.00724. The van der Waals surface area contributed by atoms with E-state index in [4.69, 9.17) is 0 Å². The Morgan fingerprint density at radius 2 is 1.88 bits per heavy atom. The van der Waals surface area contributed by atoms with Crippen molar-refractivity contribution in [2.45, 2.75) is 62.4 Å². The van der Waals surface area contributed by atoms with Crippen LogP contribution >= 0.6 is 0 Å². The van der Waals surface area contributed by atoms with Crippen LogP contribution in [-0.2, 0) is 21.9 Å². The van der Waals surface area contributed by atoms with E-state index in [-0.39, 0.29) is 29.4 Å². The van der Waals surface area contributed by atoms with E-state index < -0.39 is 10.0 Å². The summed E-state index contributed by atoms with van der Waals surface area (Å²) in [5.74, 6) is -0.261. The quantitative estimate of drug-likeness (QED) is 0.819. The number of amides is 1. The molecule has 1 N–H and O–H groups in total. The average molecular weight is 369 g/mol. The predicted molar refractivity (Wildman–Crippen MR) is 94.3 cm³/mol. The molecule has 2 aliphatic rings. The summed E-state index contributed by atoms with van der Waals surface area (Å²) in [4.78, 5) is 16.6. The summed E-state index contributed by atoms with van der Waals surface area (Å²) < 4.78 is 28.5. The summed E-state index contributed by atoms with van der Waals surface area (Å²) in [5, 5.41) is 3.22. The van der Waals surface area contributed by atoms with Gasteiger partial charge in [-0.3, -0.25) is 4.79 Å². The highest BCUT2D eigenvalue weighted by Crippen LogP contribution is 2.24. The van der Waals surface area contributed by atoms with E-state index in [2.05, 4.69) is 10.3 Å². The molecule has 0 aromatic carbocycles. The topological polar surface area (TPSA) is 84.3 Å². The van der Waals surface area contributed by atoms with Crippen molar-refractivity contribution >= 4 is 15.9 Å². The van der Waals surface area contributed by atoms with Gasteiger partial charge in [0.05, 0.1) is 12.2 Å². The van der Waals surface area contributed by atoms with Gasteiger partial charge in [0.1, 0.15) is 0 Å². The highest BCUT2D eigenvalue weighted by atomic mass is 32.2. The van der Waals surface area contributed by atoms with Crippen LogP contribution in [0.25, 0.3) is 0 Å². The number of sulfonamides is 1. The molecular formula is C17H28N4O3S. The molecule has 2 fully saturated rings. The number of carbonyl (C=O) groups is 1. The van der Waals surface area contributed by atoms with Crippen molar-refractivity contribution < 1.29 is 13.2 Å². The summed E-state index contributed by atoms with van der Waals surface area (Å²) in [5.41, 5.74) is 0. The SMILES string of the molecule is Cn1cnc(S(=O)(=O)N2CCCC(C(=O)NC3CCCCCC3)C2)c1. The molecule has 8 heteroatoms. The van der Waals surface area contributed by atoms with Crippen molar-refractivity contribution in [3.63, 3.8) is 0 Å². The first-order valence-electron chi connectivity index (χ1n) is 9.25. The standard InChI is InChI=1S/C17H28N4O3S/c1-20-12-16(18-13-20)25(23,24)21-10-6-7-14(11-21)17(22)19-15-8-4-2-3-5-9-15/h12-15H,2-11H2,1H3,(H,19,22). The van der Waals surface area contributed by atoms with Gasteiger partial charge in [-0.1, -0.05) is 25.7 Å². The third kappa shape index (κ3) is 4.41. The van der Waals surface area contributed by atoms with Crippen LogP contribution in [0.5, 0.6) is 0 Å². The van der Waals surface area contributed by atoms with Crippen molar-refractivity contribution in [1.29, 1.82) is 0 Å². The first-order chi connectivity index (χ1) is 12.0. The third-order valence-electron chi connectivity index (χ3n) is 5.24. The monoisotopic (exact) mass is 368 g/mol. The van der Waals surface area contributed by atoms with Crippen LogP contribution in [-0.4, -0.2) is 47.3 Å². The molecule has 3 rings (SSSR count). The Hall–Kier alpha value is -1.41. The van der Waals surface area contributed by atoms with Crippen LogP contribution in [0, 0.1) is 5.92 Å². The van der Waals surface area contributed by atoms with Gasteiger partial charge in [-0.25, -0.2) is 13.4 Å². The fourth-order valence-electron chi connectivity index (χ4n) is 3.77. The molecule has 0 radical (unpaired) electrons. The molecule has 1 aromatic rings. The van der Waals surface area contributed by atoms with Gasteiger partial charge in [0.25, 0.3) is 10.0 Å². The number of carbonyl (C=O) groups excluding carboxylic acids is 1. The van der Waals surface area contributed by atoms with Crippen LogP contribution in [0.3, 0.4) is 0 Å². The molecule has 1 saturated heterocycles. The van der Waals surface area contributed by atoms with E-state index in [0.717, 1.165) is 32.1 Å². The maximum Gasteiger partial charge on any atom is 0.262 e. The van der Waals surface area contributed by atoms with E-state index in [1.54, 1.807) is 11.6 Å². The van der Waals surface area contributed by atoms with Crippen molar-refractivity contribution in [3.05, 3.63) is 12.5 Å². The number of hydrogen-bond acceptors (Lipinski definition) is 4. The Kier molecular flexibility index (Phi) is 5.78. The van der Waals surface area contributed by atoms with Gasteiger partial charge in [0.15, 0.2) is 5.03 Å². The summed E-state index contributed by atoms with van der Waals surface area (Å²) in [7, 11) is -1.88. The number of nitrogens with zero attached hydrogens (tertiary/aromatic N) is 3. The maximum absolute atomic E-state index is 12.7. The van der Waals surface area contributed by atoms with Gasteiger partial charge >= 0.3 is 0 Å². The minimum Gasteiger partial charge on any atom is -0.353 e. The molecule has 7 nitrogen and oxygen atoms in total. The van der Waals surface area contributed by atoms with Crippen molar-refractivity contribution in [2.75, 3.05) is 13.1 Å². The number of nitrogens with one attached hydrogen (secondary N) is 1. The highest BCUT2D eigenvalue weighted by molar-refractivity contribution is 7.89. The van der Waals surface area contributed by atoms with Crippen molar-refractivity contribution in [2.24, 2.45) is 13.0 Å². The first-order valence-corrected chi connectivity index (χ1v) is 10.7. The van der Waals surface area contributed by atoms with Gasteiger partial charge in [-0.2, -0.15) is 4.31 Å². The molecule has 0 spiro atoms. The van der Waals surface area contributed by atoms with Gasteiger partial charge in [-0.15, -0.1) is 0 Å². The molecule has 1 unspecified atom stereocenters. The molecule has 1 saturated carbocycles. The number of piperidine rings is 1. The zero-order chi connectivity index (χ0) is 17.9. The smallest absolute Gasteiger partial charge is 0.262 e. The highest BCUT2D eigenvalue weighted by Gasteiger charge is 2.34. The van der Waals surface area contributed by atoms with Crippen molar-refractivity contribution in [1.82, 2.24) is 19.2 Å². The molecule has 25 heavy (non-hydrogen) atoms. The molecule has 1 amide bonds. The van der Waals surface area contributed by atoms with Crippen molar-refractivity contribution in [3.8, 4) is 0 Å². The second kappa shape index (κ2) is 7.86. The Labute approximate surface area is 149 Å². The fraction of sp³-hybridized carbons (Fsp3) is 0.765. The van der Waals surface area contributed by atoms with E-state index in [9.17, 15) is 13.2 Å². The average Bonchev–Trinajstić information content (AvgIpc) is 2.89. The normalized spacial score (nSPS) is 24.0. The van der Waals surface area contributed by atoms with Crippen LogP contribution in [0.1, 0.15) is 51.4 Å². The second-order valence-corrected chi connectivity index (χ2v) is 9.16. The van der Waals surface area contributed by atoms with Crippen LogP contribution < -0.4 is 5.32 Å².